The van der Waals surface area contributed by atoms with Crippen molar-refractivity contribution in [2.75, 3.05) is 6.54 Å². The summed E-state index contributed by atoms with van der Waals surface area (Å²) in [5.41, 5.74) is 0.551. The van der Waals surface area contributed by atoms with Crippen molar-refractivity contribution in [2.24, 2.45) is 5.41 Å². The van der Waals surface area contributed by atoms with Crippen molar-refractivity contribution >= 4 is 11.9 Å². The Balaban J connectivity index is 1.68. The number of carbonyl (C=O) groups is 2. The monoisotopic (exact) mass is 373 g/mol. The summed E-state index contributed by atoms with van der Waals surface area (Å²) in [6, 6.07) is 11.4. The van der Waals surface area contributed by atoms with E-state index in [-0.39, 0.29) is 18.3 Å². The topological polar surface area (TPSA) is 66.4 Å². The molecule has 6 heteroatoms. The predicted molar refractivity (Wildman–Crippen MR) is 96.2 cm³/mol. The fraction of sp³-hybridized carbons (Fsp3) is 0.333. The third-order valence-electron chi connectivity index (χ3n) is 5.26. The standard InChI is InChI=1S/C21H21F2NO3/c22-16-7-5-15(6-8-16)18(19(25)26)13-24-20(27)21(9-2-10-21)12-14-3-1-4-17(23)11-14/h1,3-8,11,18H,2,9-10,12-13H2,(H,24,27)(H,25,26). The average molecular weight is 373 g/mol. The van der Waals surface area contributed by atoms with Crippen LogP contribution in [0.15, 0.2) is 48.5 Å². The molecular weight excluding hydrogens is 352 g/mol. The second-order valence-corrected chi connectivity index (χ2v) is 7.09. The molecule has 27 heavy (non-hydrogen) atoms. The molecule has 1 aliphatic rings. The second kappa shape index (κ2) is 7.86. The number of rotatable bonds is 7. The van der Waals surface area contributed by atoms with E-state index in [1.807, 2.05) is 0 Å². The van der Waals surface area contributed by atoms with E-state index in [0.717, 1.165) is 12.0 Å². The molecule has 1 aliphatic carbocycles. The Morgan fingerprint density at radius 3 is 2.33 bits per heavy atom. The SMILES string of the molecule is O=C(O)C(CNC(=O)C1(Cc2cccc(F)c2)CCC1)c1ccc(F)cc1. The fourth-order valence-electron chi connectivity index (χ4n) is 3.55. The Morgan fingerprint density at radius 1 is 1.07 bits per heavy atom. The predicted octanol–water partition coefficient (Wildman–Crippen LogP) is 3.66. The molecule has 1 fully saturated rings. The van der Waals surface area contributed by atoms with E-state index in [9.17, 15) is 23.5 Å². The molecule has 0 bridgehead atoms. The normalized spacial score (nSPS) is 16.2. The van der Waals surface area contributed by atoms with E-state index in [1.54, 1.807) is 12.1 Å². The van der Waals surface area contributed by atoms with Crippen LogP contribution in [0.2, 0.25) is 0 Å². The van der Waals surface area contributed by atoms with Crippen LogP contribution in [0, 0.1) is 17.0 Å². The lowest BCUT2D eigenvalue weighted by atomic mass is 9.64. The van der Waals surface area contributed by atoms with Crippen LogP contribution >= 0.6 is 0 Å². The number of nitrogens with one attached hydrogen (secondary N) is 1. The summed E-state index contributed by atoms with van der Waals surface area (Å²) in [6.07, 6.45) is 2.70. The summed E-state index contributed by atoms with van der Waals surface area (Å²) < 4.78 is 26.5. The van der Waals surface area contributed by atoms with E-state index >= 15 is 0 Å². The largest absolute Gasteiger partial charge is 0.481 e. The van der Waals surface area contributed by atoms with Gasteiger partial charge in [-0.25, -0.2) is 8.78 Å². The third kappa shape index (κ3) is 4.32. The van der Waals surface area contributed by atoms with Crippen molar-refractivity contribution < 1.29 is 23.5 Å². The highest BCUT2D eigenvalue weighted by molar-refractivity contribution is 5.85. The van der Waals surface area contributed by atoms with Gasteiger partial charge in [0.25, 0.3) is 0 Å². The zero-order chi connectivity index (χ0) is 19.4. The van der Waals surface area contributed by atoms with Crippen molar-refractivity contribution in [1.29, 1.82) is 0 Å². The molecular formula is C21H21F2NO3. The van der Waals surface area contributed by atoms with Gasteiger partial charge < -0.3 is 10.4 Å². The van der Waals surface area contributed by atoms with E-state index in [4.69, 9.17) is 0 Å². The zero-order valence-electron chi connectivity index (χ0n) is 14.8. The zero-order valence-corrected chi connectivity index (χ0v) is 14.8. The van der Waals surface area contributed by atoms with Gasteiger partial charge in [0.1, 0.15) is 11.6 Å². The summed E-state index contributed by atoms with van der Waals surface area (Å²) in [5.74, 6) is -3.05. The molecule has 2 N–H and O–H groups in total. The van der Waals surface area contributed by atoms with Gasteiger partial charge in [-0.2, -0.15) is 0 Å². The maximum Gasteiger partial charge on any atom is 0.312 e. The van der Waals surface area contributed by atoms with Crippen LogP contribution in [0.4, 0.5) is 8.78 Å². The first kappa shape index (κ1) is 19.0. The Bertz CT molecular complexity index is 832. The lowest BCUT2D eigenvalue weighted by Gasteiger charge is -2.40. The number of amides is 1. The van der Waals surface area contributed by atoms with E-state index in [1.165, 1.54) is 36.4 Å². The first-order chi connectivity index (χ1) is 12.9. The van der Waals surface area contributed by atoms with Crippen molar-refractivity contribution in [1.82, 2.24) is 5.32 Å². The van der Waals surface area contributed by atoms with Crippen molar-refractivity contribution in [3.8, 4) is 0 Å². The molecule has 2 aromatic carbocycles. The quantitative estimate of drug-likeness (QED) is 0.778. The highest BCUT2D eigenvalue weighted by atomic mass is 19.1. The van der Waals surface area contributed by atoms with Crippen molar-refractivity contribution in [3.63, 3.8) is 0 Å². The van der Waals surface area contributed by atoms with Gasteiger partial charge in [0, 0.05) is 6.54 Å². The molecule has 0 aliphatic heterocycles. The Labute approximate surface area is 156 Å². The van der Waals surface area contributed by atoms with Crippen LogP contribution < -0.4 is 5.32 Å². The van der Waals surface area contributed by atoms with Gasteiger partial charge >= 0.3 is 5.97 Å². The van der Waals surface area contributed by atoms with E-state index in [2.05, 4.69) is 5.32 Å². The number of carboxylic acids is 1. The lowest BCUT2D eigenvalue weighted by molar-refractivity contribution is -0.139. The molecule has 3 rings (SSSR count). The van der Waals surface area contributed by atoms with Gasteiger partial charge in [-0.1, -0.05) is 30.7 Å². The average Bonchev–Trinajstić information content (AvgIpc) is 2.59. The van der Waals surface area contributed by atoms with E-state index in [0.29, 0.717) is 24.8 Å². The van der Waals surface area contributed by atoms with Crippen LogP contribution in [0.25, 0.3) is 0 Å². The van der Waals surface area contributed by atoms with Gasteiger partial charge in [-0.3, -0.25) is 9.59 Å². The van der Waals surface area contributed by atoms with Crippen LogP contribution in [-0.4, -0.2) is 23.5 Å². The summed E-state index contributed by atoms with van der Waals surface area (Å²) in [5, 5.41) is 12.2. The van der Waals surface area contributed by atoms with Crippen LogP contribution in [0.3, 0.4) is 0 Å². The number of benzene rings is 2. The van der Waals surface area contributed by atoms with Gasteiger partial charge in [0.05, 0.1) is 11.3 Å². The first-order valence-corrected chi connectivity index (χ1v) is 8.91. The Kier molecular flexibility index (Phi) is 5.54. The maximum absolute atomic E-state index is 13.4. The highest BCUT2D eigenvalue weighted by Gasteiger charge is 2.44. The number of carbonyl (C=O) groups excluding carboxylic acids is 1. The summed E-state index contributed by atoms with van der Waals surface area (Å²) in [7, 11) is 0. The summed E-state index contributed by atoms with van der Waals surface area (Å²) >= 11 is 0. The van der Waals surface area contributed by atoms with Gasteiger partial charge in [-0.15, -0.1) is 0 Å². The first-order valence-electron chi connectivity index (χ1n) is 8.91. The van der Waals surface area contributed by atoms with Crippen LogP contribution in [-0.2, 0) is 16.0 Å². The summed E-state index contributed by atoms with van der Waals surface area (Å²) in [6.45, 7) is -0.0787. The van der Waals surface area contributed by atoms with Gasteiger partial charge in [0.2, 0.25) is 5.91 Å². The molecule has 1 saturated carbocycles. The lowest BCUT2D eigenvalue weighted by Crippen LogP contribution is -2.48. The molecule has 2 aromatic rings. The summed E-state index contributed by atoms with van der Waals surface area (Å²) in [4.78, 5) is 24.4. The molecule has 0 aromatic heterocycles. The smallest absolute Gasteiger partial charge is 0.312 e. The molecule has 142 valence electrons. The van der Waals surface area contributed by atoms with Crippen molar-refractivity contribution in [3.05, 3.63) is 71.3 Å². The molecule has 0 spiro atoms. The minimum absolute atomic E-state index is 0.0787. The molecule has 1 atom stereocenters. The second-order valence-electron chi connectivity index (χ2n) is 7.09. The van der Waals surface area contributed by atoms with Gasteiger partial charge in [0.15, 0.2) is 0 Å². The molecule has 0 radical (unpaired) electrons. The number of halogens is 2. The molecule has 0 heterocycles. The third-order valence-corrected chi connectivity index (χ3v) is 5.26. The minimum atomic E-state index is -1.09. The fourth-order valence-corrected chi connectivity index (χ4v) is 3.55. The minimum Gasteiger partial charge on any atom is -0.481 e. The Hall–Kier alpha value is -2.76. The number of hydrogen-bond donors (Lipinski definition) is 2. The molecule has 4 nitrogen and oxygen atoms in total. The molecule has 1 amide bonds. The number of hydrogen-bond acceptors (Lipinski definition) is 2. The number of carboxylic acid groups (broad SMARTS) is 1. The van der Waals surface area contributed by atoms with Crippen molar-refractivity contribution in [2.45, 2.75) is 31.6 Å². The maximum atomic E-state index is 13.4. The molecule has 0 saturated heterocycles. The number of aliphatic carboxylic acids is 1. The van der Waals surface area contributed by atoms with Gasteiger partial charge in [-0.05, 0) is 54.7 Å². The van der Waals surface area contributed by atoms with E-state index < -0.39 is 23.1 Å². The van der Waals surface area contributed by atoms with Crippen LogP contribution in [0.1, 0.15) is 36.3 Å². The Morgan fingerprint density at radius 2 is 1.78 bits per heavy atom. The molecule has 1 unspecified atom stereocenters. The van der Waals surface area contributed by atoms with Crippen LogP contribution in [0.5, 0.6) is 0 Å². The highest BCUT2D eigenvalue weighted by Crippen LogP contribution is 2.44.